The smallest absolute Gasteiger partial charge is 0.239 e. The number of likely N-dealkylation sites (N-methyl/N-ethyl adjacent to an activating group) is 1. The highest BCUT2D eigenvalue weighted by Gasteiger charge is 2.17. The molecule has 0 aliphatic heterocycles. The fourth-order valence-corrected chi connectivity index (χ4v) is 2.42. The second-order valence-corrected chi connectivity index (χ2v) is 5.71. The lowest BCUT2D eigenvalue weighted by Gasteiger charge is -2.22. The van der Waals surface area contributed by atoms with Crippen molar-refractivity contribution in [1.29, 1.82) is 0 Å². The number of carbonyl (C=O) groups excluding carboxylic acids is 1. The summed E-state index contributed by atoms with van der Waals surface area (Å²) < 4.78 is 0. The molecule has 1 N–H and O–H groups in total. The van der Waals surface area contributed by atoms with Crippen LogP contribution in [0.15, 0.2) is 54.6 Å². The zero-order valence-corrected chi connectivity index (χ0v) is 13.5. The summed E-state index contributed by atoms with van der Waals surface area (Å²) in [4.78, 5) is 14.2. The van der Waals surface area contributed by atoms with Crippen molar-refractivity contribution >= 4 is 5.91 Å². The minimum atomic E-state index is -0.201. The summed E-state index contributed by atoms with van der Waals surface area (Å²) in [5.74, 6) is 0.109. The lowest BCUT2D eigenvalue weighted by molar-refractivity contribution is -0.132. The van der Waals surface area contributed by atoms with Crippen molar-refractivity contribution in [3.8, 4) is 0 Å². The molecular formula is C19H24N2O. The first kappa shape index (κ1) is 16.2. The number of benzene rings is 2. The van der Waals surface area contributed by atoms with E-state index in [1.165, 1.54) is 11.1 Å². The van der Waals surface area contributed by atoms with Gasteiger partial charge < -0.3 is 10.2 Å². The molecule has 0 heterocycles. The van der Waals surface area contributed by atoms with Crippen LogP contribution >= 0.6 is 0 Å². The first-order chi connectivity index (χ1) is 10.6. The third-order valence-corrected chi connectivity index (χ3v) is 3.87. The molecule has 2 rings (SSSR count). The normalized spacial score (nSPS) is 12.0. The number of nitrogens with zero attached hydrogens (tertiary/aromatic N) is 1. The van der Waals surface area contributed by atoms with Crippen LogP contribution in [0.25, 0.3) is 0 Å². The van der Waals surface area contributed by atoms with Gasteiger partial charge in [0.2, 0.25) is 5.91 Å². The number of rotatable bonds is 6. The molecule has 1 amide bonds. The maximum absolute atomic E-state index is 12.4. The number of nitrogens with one attached hydrogen (secondary N) is 1. The van der Waals surface area contributed by atoms with E-state index in [4.69, 9.17) is 0 Å². The molecule has 0 spiro atoms. The van der Waals surface area contributed by atoms with Gasteiger partial charge in [0.1, 0.15) is 0 Å². The van der Waals surface area contributed by atoms with E-state index in [-0.39, 0.29) is 11.9 Å². The zero-order valence-electron chi connectivity index (χ0n) is 13.5. The van der Waals surface area contributed by atoms with Gasteiger partial charge in [-0.15, -0.1) is 0 Å². The summed E-state index contributed by atoms with van der Waals surface area (Å²) >= 11 is 0. The van der Waals surface area contributed by atoms with Gasteiger partial charge in [-0.3, -0.25) is 4.79 Å². The summed E-state index contributed by atoms with van der Waals surface area (Å²) in [7, 11) is 1.85. The number of aryl methyl sites for hydroxylation is 1. The van der Waals surface area contributed by atoms with Crippen LogP contribution in [-0.2, 0) is 17.9 Å². The van der Waals surface area contributed by atoms with E-state index < -0.39 is 0 Å². The van der Waals surface area contributed by atoms with Crippen molar-refractivity contribution in [2.75, 3.05) is 7.05 Å². The van der Waals surface area contributed by atoms with Gasteiger partial charge >= 0.3 is 0 Å². The Bertz CT molecular complexity index is 610. The summed E-state index contributed by atoms with van der Waals surface area (Å²) in [6, 6.07) is 18.1. The summed E-state index contributed by atoms with van der Waals surface area (Å²) in [5.41, 5.74) is 3.62. The first-order valence-corrected chi connectivity index (χ1v) is 7.64. The van der Waals surface area contributed by atoms with Crippen LogP contribution in [0.1, 0.15) is 23.6 Å². The third-order valence-electron chi connectivity index (χ3n) is 3.87. The van der Waals surface area contributed by atoms with Crippen LogP contribution in [0.5, 0.6) is 0 Å². The maximum Gasteiger partial charge on any atom is 0.239 e. The molecule has 2 aromatic rings. The Morgan fingerprint density at radius 3 is 2.41 bits per heavy atom. The summed E-state index contributed by atoms with van der Waals surface area (Å²) in [5, 5.41) is 3.31. The van der Waals surface area contributed by atoms with E-state index in [0.29, 0.717) is 13.1 Å². The van der Waals surface area contributed by atoms with Gasteiger partial charge in [-0.05, 0) is 30.5 Å². The molecule has 1 unspecified atom stereocenters. The van der Waals surface area contributed by atoms with Crippen molar-refractivity contribution in [2.24, 2.45) is 0 Å². The Labute approximate surface area is 133 Å². The fourth-order valence-electron chi connectivity index (χ4n) is 2.42. The summed E-state index contributed by atoms with van der Waals surface area (Å²) in [6.45, 7) is 5.35. The Kier molecular flexibility index (Phi) is 5.73. The predicted molar refractivity (Wildman–Crippen MR) is 90.4 cm³/mol. The average Bonchev–Trinajstić information content (AvgIpc) is 2.54. The topological polar surface area (TPSA) is 32.3 Å². The minimum Gasteiger partial charge on any atom is -0.340 e. The van der Waals surface area contributed by atoms with Gasteiger partial charge in [-0.2, -0.15) is 0 Å². The second-order valence-electron chi connectivity index (χ2n) is 5.71. The molecule has 22 heavy (non-hydrogen) atoms. The van der Waals surface area contributed by atoms with Crippen molar-refractivity contribution in [3.63, 3.8) is 0 Å². The highest BCUT2D eigenvalue weighted by atomic mass is 16.2. The van der Waals surface area contributed by atoms with E-state index in [9.17, 15) is 4.79 Å². The zero-order chi connectivity index (χ0) is 15.9. The highest BCUT2D eigenvalue weighted by Crippen LogP contribution is 2.08. The quantitative estimate of drug-likeness (QED) is 0.888. The van der Waals surface area contributed by atoms with Gasteiger partial charge in [0.05, 0.1) is 6.04 Å². The van der Waals surface area contributed by atoms with E-state index in [0.717, 1.165) is 5.56 Å². The molecule has 0 saturated carbocycles. The monoisotopic (exact) mass is 296 g/mol. The Morgan fingerprint density at radius 1 is 1.09 bits per heavy atom. The van der Waals surface area contributed by atoms with E-state index in [2.05, 4.69) is 24.4 Å². The van der Waals surface area contributed by atoms with Crippen LogP contribution in [-0.4, -0.2) is 23.9 Å². The molecule has 0 bridgehead atoms. The maximum atomic E-state index is 12.4. The molecular weight excluding hydrogens is 272 g/mol. The van der Waals surface area contributed by atoms with Crippen LogP contribution in [0.4, 0.5) is 0 Å². The van der Waals surface area contributed by atoms with Gasteiger partial charge in [0.25, 0.3) is 0 Å². The Hall–Kier alpha value is -2.13. The molecule has 0 aromatic heterocycles. The van der Waals surface area contributed by atoms with Crippen LogP contribution in [0, 0.1) is 6.92 Å². The standard InChI is InChI=1S/C19H24N2O/c1-15-9-7-8-12-18(15)13-20-16(2)19(22)21(3)14-17-10-5-4-6-11-17/h4-12,16,20H,13-14H2,1-3H3. The lowest BCUT2D eigenvalue weighted by Crippen LogP contribution is -2.42. The van der Waals surface area contributed by atoms with E-state index >= 15 is 0 Å². The molecule has 0 saturated heterocycles. The van der Waals surface area contributed by atoms with E-state index in [1.54, 1.807) is 4.90 Å². The molecule has 3 nitrogen and oxygen atoms in total. The Balaban J connectivity index is 1.87. The van der Waals surface area contributed by atoms with Crippen molar-refractivity contribution in [3.05, 3.63) is 71.3 Å². The number of amides is 1. The van der Waals surface area contributed by atoms with Gasteiger partial charge in [-0.25, -0.2) is 0 Å². The van der Waals surface area contributed by atoms with E-state index in [1.807, 2.05) is 56.4 Å². The van der Waals surface area contributed by atoms with Crippen LogP contribution in [0.3, 0.4) is 0 Å². The highest BCUT2D eigenvalue weighted by molar-refractivity contribution is 5.81. The SMILES string of the molecule is Cc1ccccc1CNC(C)C(=O)N(C)Cc1ccccc1. The predicted octanol–water partition coefficient (Wildman–Crippen LogP) is 3.13. The first-order valence-electron chi connectivity index (χ1n) is 7.64. The largest absolute Gasteiger partial charge is 0.340 e. The van der Waals surface area contributed by atoms with Crippen LogP contribution < -0.4 is 5.32 Å². The van der Waals surface area contributed by atoms with Crippen LogP contribution in [0.2, 0.25) is 0 Å². The van der Waals surface area contributed by atoms with Crippen molar-refractivity contribution in [1.82, 2.24) is 10.2 Å². The average molecular weight is 296 g/mol. The molecule has 3 heteroatoms. The van der Waals surface area contributed by atoms with Crippen molar-refractivity contribution < 1.29 is 4.79 Å². The van der Waals surface area contributed by atoms with Gasteiger partial charge in [-0.1, -0.05) is 54.6 Å². The van der Waals surface area contributed by atoms with Gasteiger partial charge in [0, 0.05) is 20.1 Å². The molecule has 0 aliphatic carbocycles. The second kappa shape index (κ2) is 7.76. The molecule has 0 radical (unpaired) electrons. The van der Waals surface area contributed by atoms with Crippen molar-refractivity contribution in [2.45, 2.75) is 33.0 Å². The Morgan fingerprint density at radius 2 is 1.73 bits per heavy atom. The molecule has 116 valence electrons. The number of carbonyl (C=O) groups is 1. The molecule has 0 fully saturated rings. The molecule has 0 aliphatic rings. The minimum absolute atomic E-state index is 0.109. The molecule has 2 aromatic carbocycles. The number of hydrogen-bond donors (Lipinski definition) is 1. The molecule has 1 atom stereocenters. The third kappa shape index (κ3) is 4.43. The van der Waals surface area contributed by atoms with Gasteiger partial charge in [0.15, 0.2) is 0 Å². The fraction of sp³-hybridized carbons (Fsp3) is 0.316. The lowest BCUT2D eigenvalue weighted by atomic mass is 10.1. The summed E-state index contributed by atoms with van der Waals surface area (Å²) in [6.07, 6.45) is 0. The number of hydrogen-bond acceptors (Lipinski definition) is 2.